The van der Waals surface area contributed by atoms with E-state index in [2.05, 4.69) is 26.9 Å². The largest absolute Gasteiger partial charge is 0.396 e. The Balaban J connectivity index is 1.64. The number of fused-ring (bicyclic) bond motifs is 1. The normalized spacial score (nSPS) is 19.6. The predicted octanol–water partition coefficient (Wildman–Crippen LogP) is 2.07. The third kappa shape index (κ3) is 3.55. The lowest BCUT2D eigenvalue weighted by Gasteiger charge is -2.34. The lowest BCUT2D eigenvalue weighted by atomic mass is 9.94. The van der Waals surface area contributed by atoms with Crippen molar-refractivity contribution in [3.05, 3.63) is 24.4 Å². The maximum atomic E-state index is 9.17. The van der Waals surface area contributed by atoms with Crippen molar-refractivity contribution in [3.8, 4) is 0 Å². The first-order valence-electron chi connectivity index (χ1n) is 9.29. The van der Waals surface area contributed by atoms with Gasteiger partial charge in [0.1, 0.15) is 11.6 Å². The molecule has 0 spiro atoms. The van der Waals surface area contributed by atoms with Crippen LogP contribution in [0, 0.1) is 5.92 Å². The summed E-state index contributed by atoms with van der Waals surface area (Å²) >= 11 is 0. The number of pyridine rings is 2. The molecule has 4 rings (SSSR count). The zero-order valence-corrected chi connectivity index (χ0v) is 14.6. The van der Waals surface area contributed by atoms with Crippen LogP contribution < -0.4 is 9.80 Å². The number of morpholine rings is 1. The second-order valence-electron chi connectivity index (χ2n) is 6.92. The molecular weight excluding hydrogens is 316 g/mol. The van der Waals surface area contributed by atoms with E-state index in [-0.39, 0.29) is 0 Å². The van der Waals surface area contributed by atoms with E-state index in [4.69, 9.17) is 9.72 Å². The Morgan fingerprint density at radius 3 is 2.68 bits per heavy atom. The molecule has 0 radical (unpaired) electrons. The number of aromatic nitrogens is 2. The van der Waals surface area contributed by atoms with Gasteiger partial charge in [0.2, 0.25) is 0 Å². The molecule has 0 aromatic carbocycles. The minimum absolute atomic E-state index is 0.294. The lowest BCUT2D eigenvalue weighted by Crippen LogP contribution is -2.38. The Labute approximate surface area is 148 Å². The van der Waals surface area contributed by atoms with E-state index < -0.39 is 0 Å². The monoisotopic (exact) mass is 342 g/mol. The van der Waals surface area contributed by atoms with Crippen molar-refractivity contribution < 1.29 is 9.84 Å². The zero-order chi connectivity index (χ0) is 17.1. The number of ether oxygens (including phenoxy) is 1. The molecule has 0 aliphatic carbocycles. The molecule has 0 atom stereocenters. The Hall–Kier alpha value is -1.92. The van der Waals surface area contributed by atoms with Gasteiger partial charge in [-0.15, -0.1) is 0 Å². The summed E-state index contributed by atoms with van der Waals surface area (Å²) in [5, 5.41) is 10.3. The maximum absolute atomic E-state index is 9.17. The standard InChI is InChI=1S/C19H26N4O2/c24-11-5-15-3-7-23(8-4-15)19-16-2-1-6-20-17(16)14-18(21-19)22-9-12-25-13-10-22/h1-2,6,14-15,24H,3-5,7-13H2. The molecule has 6 nitrogen and oxygen atoms in total. The van der Waals surface area contributed by atoms with Gasteiger partial charge in [-0.3, -0.25) is 4.98 Å². The minimum atomic E-state index is 0.294. The van der Waals surface area contributed by atoms with Gasteiger partial charge in [-0.05, 0) is 37.3 Å². The lowest BCUT2D eigenvalue weighted by molar-refractivity contribution is 0.122. The number of hydrogen-bond acceptors (Lipinski definition) is 6. The third-order valence-electron chi connectivity index (χ3n) is 5.35. The molecule has 2 aromatic rings. The van der Waals surface area contributed by atoms with Crippen LogP contribution in [-0.2, 0) is 4.74 Å². The molecule has 134 valence electrons. The number of hydrogen-bond donors (Lipinski definition) is 1. The summed E-state index contributed by atoms with van der Waals surface area (Å²) in [7, 11) is 0. The van der Waals surface area contributed by atoms with Crippen LogP contribution in [0.5, 0.6) is 0 Å². The van der Waals surface area contributed by atoms with E-state index in [1.807, 2.05) is 12.3 Å². The van der Waals surface area contributed by atoms with Crippen molar-refractivity contribution in [2.45, 2.75) is 19.3 Å². The highest BCUT2D eigenvalue weighted by Crippen LogP contribution is 2.31. The summed E-state index contributed by atoms with van der Waals surface area (Å²) in [5.74, 6) is 2.68. The van der Waals surface area contributed by atoms with Crippen LogP contribution >= 0.6 is 0 Å². The van der Waals surface area contributed by atoms with Crippen LogP contribution in [0.25, 0.3) is 10.9 Å². The summed E-state index contributed by atoms with van der Waals surface area (Å²) in [6.07, 6.45) is 5.00. The summed E-state index contributed by atoms with van der Waals surface area (Å²) < 4.78 is 5.47. The van der Waals surface area contributed by atoms with Crippen molar-refractivity contribution in [2.24, 2.45) is 5.92 Å². The van der Waals surface area contributed by atoms with Crippen LogP contribution in [0.15, 0.2) is 24.4 Å². The molecular formula is C19H26N4O2. The average molecular weight is 342 g/mol. The fraction of sp³-hybridized carbons (Fsp3) is 0.579. The van der Waals surface area contributed by atoms with Crippen LogP contribution in [0.1, 0.15) is 19.3 Å². The van der Waals surface area contributed by atoms with Gasteiger partial charge in [0.25, 0.3) is 0 Å². The molecule has 0 unspecified atom stereocenters. The van der Waals surface area contributed by atoms with E-state index in [9.17, 15) is 5.11 Å². The Morgan fingerprint density at radius 2 is 1.92 bits per heavy atom. The van der Waals surface area contributed by atoms with Gasteiger partial charge in [-0.1, -0.05) is 0 Å². The number of aliphatic hydroxyl groups excluding tert-OH is 1. The second kappa shape index (κ2) is 7.54. The van der Waals surface area contributed by atoms with Crippen molar-refractivity contribution in [3.63, 3.8) is 0 Å². The Kier molecular flexibility index (Phi) is 4.99. The minimum Gasteiger partial charge on any atom is -0.396 e. The van der Waals surface area contributed by atoms with Gasteiger partial charge in [0.15, 0.2) is 0 Å². The number of nitrogens with zero attached hydrogens (tertiary/aromatic N) is 4. The first kappa shape index (κ1) is 16.5. The first-order chi connectivity index (χ1) is 12.3. The highest BCUT2D eigenvalue weighted by Gasteiger charge is 2.23. The van der Waals surface area contributed by atoms with E-state index in [0.717, 1.165) is 81.2 Å². The number of aliphatic hydroxyl groups is 1. The van der Waals surface area contributed by atoms with Crippen LogP contribution in [0.4, 0.5) is 11.6 Å². The molecule has 2 aromatic heterocycles. The van der Waals surface area contributed by atoms with Crippen LogP contribution in [-0.4, -0.2) is 61.1 Å². The van der Waals surface area contributed by atoms with E-state index in [0.29, 0.717) is 12.5 Å². The fourth-order valence-corrected chi connectivity index (χ4v) is 3.86. The quantitative estimate of drug-likeness (QED) is 0.918. The molecule has 25 heavy (non-hydrogen) atoms. The van der Waals surface area contributed by atoms with Crippen molar-refractivity contribution in [1.29, 1.82) is 0 Å². The molecule has 0 amide bonds. The topological polar surface area (TPSA) is 61.7 Å². The molecule has 0 bridgehead atoms. The van der Waals surface area contributed by atoms with Crippen LogP contribution in [0.2, 0.25) is 0 Å². The summed E-state index contributed by atoms with van der Waals surface area (Å²) in [5.41, 5.74) is 1.01. The van der Waals surface area contributed by atoms with Gasteiger partial charge in [-0.2, -0.15) is 0 Å². The van der Waals surface area contributed by atoms with E-state index in [1.165, 1.54) is 0 Å². The second-order valence-corrected chi connectivity index (χ2v) is 6.92. The van der Waals surface area contributed by atoms with Gasteiger partial charge < -0.3 is 19.6 Å². The molecule has 4 heterocycles. The van der Waals surface area contributed by atoms with E-state index >= 15 is 0 Å². The van der Waals surface area contributed by atoms with Gasteiger partial charge >= 0.3 is 0 Å². The highest BCUT2D eigenvalue weighted by molar-refractivity contribution is 5.91. The Morgan fingerprint density at radius 1 is 1.12 bits per heavy atom. The number of anilines is 2. The number of piperidine rings is 1. The van der Waals surface area contributed by atoms with Gasteiger partial charge in [-0.25, -0.2) is 4.98 Å². The van der Waals surface area contributed by atoms with Crippen molar-refractivity contribution in [2.75, 3.05) is 55.8 Å². The molecule has 2 aliphatic rings. The van der Waals surface area contributed by atoms with Crippen LogP contribution in [0.3, 0.4) is 0 Å². The molecule has 1 N–H and O–H groups in total. The molecule has 0 saturated carbocycles. The smallest absolute Gasteiger partial charge is 0.140 e. The Bertz CT molecular complexity index is 710. The van der Waals surface area contributed by atoms with E-state index in [1.54, 1.807) is 0 Å². The summed E-state index contributed by atoms with van der Waals surface area (Å²) in [6.45, 7) is 5.55. The predicted molar refractivity (Wildman–Crippen MR) is 99.2 cm³/mol. The molecule has 2 aliphatic heterocycles. The van der Waals surface area contributed by atoms with Crippen molar-refractivity contribution in [1.82, 2.24) is 9.97 Å². The zero-order valence-electron chi connectivity index (χ0n) is 14.6. The first-order valence-corrected chi connectivity index (χ1v) is 9.29. The molecule has 2 saturated heterocycles. The summed E-state index contributed by atoms with van der Waals surface area (Å²) in [6, 6.07) is 6.21. The molecule has 6 heteroatoms. The van der Waals surface area contributed by atoms with Gasteiger partial charge in [0, 0.05) is 50.4 Å². The fourth-order valence-electron chi connectivity index (χ4n) is 3.86. The highest BCUT2D eigenvalue weighted by atomic mass is 16.5. The third-order valence-corrected chi connectivity index (χ3v) is 5.35. The molecule has 2 fully saturated rings. The van der Waals surface area contributed by atoms with Gasteiger partial charge in [0.05, 0.1) is 18.7 Å². The van der Waals surface area contributed by atoms with Crippen molar-refractivity contribution >= 4 is 22.5 Å². The average Bonchev–Trinajstić information content (AvgIpc) is 2.69. The maximum Gasteiger partial charge on any atom is 0.140 e. The number of rotatable bonds is 4. The SMILES string of the molecule is OCCC1CCN(c2nc(N3CCOCC3)cc3ncccc23)CC1. The summed E-state index contributed by atoms with van der Waals surface area (Å²) in [4.78, 5) is 14.3.